The Kier molecular flexibility index (Phi) is 6.01. The number of carbonyl (C=O) groups is 1. The zero-order chi connectivity index (χ0) is 21.7. The van der Waals surface area contributed by atoms with Gasteiger partial charge < -0.3 is 14.8 Å². The topological polar surface area (TPSA) is 71.3 Å². The number of anilines is 1. The second-order valence-electron chi connectivity index (χ2n) is 8.02. The maximum Gasteiger partial charge on any atom is 0.255 e. The van der Waals surface area contributed by atoms with E-state index in [1.807, 2.05) is 6.07 Å². The van der Waals surface area contributed by atoms with Crippen LogP contribution < -0.4 is 10.1 Å². The van der Waals surface area contributed by atoms with Crippen molar-refractivity contribution in [3.63, 3.8) is 0 Å². The van der Waals surface area contributed by atoms with Crippen LogP contribution in [0.3, 0.4) is 0 Å². The molecule has 156 valence electrons. The van der Waals surface area contributed by atoms with Gasteiger partial charge in [0.15, 0.2) is 0 Å². The number of amides is 1. The average Bonchev–Trinajstić information content (AvgIpc) is 2.79. The molecule has 0 atom stereocenters. The van der Waals surface area contributed by atoms with Crippen molar-refractivity contribution in [2.24, 2.45) is 0 Å². The molecule has 0 radical (unpaired) electrons. The smallest absolute Gasteiger partial charge is 0.255 e. The van der Waals surface area contributed by atoms with Crippen molar-refractivity contribution in [3.8, 4) is 11.8 Å². The number of rotatable bonds is 7. The van der Waals surface area contributed by atoms with E-state index in [0.29, 0.717) is 29.2 Å². The van der Waals surface area contributed by atoms with Crippen LogP contribution in [0.1, 0.15) is 34.0 Å². The Morgan fingerprint density at radius 2 is 1.84 bits per heavy atom. The molecule has 3 aromatic carbocycles. The Hall–Kier alpha value is -3.62. The summed E-state index contributed by atoms with van der Waals surface area (Å²) in [5.74, 6) is 0.433. The molecule has 1 heterocycles. The first-order valence-corrected chi connectivity index (χ1v) is 10.3. The van der Waals surface area contributed by atoms with Crippen LogP contribution in [0.15, 0.2) is 72.8 Å². The number of nitrogens with one attached hydrogen (secondary N) is 1. The van der Waals surface area contributed by atoms with E-state index in [9.17, 15) is 4.79 Å². The zero-order valence-corrected chi connectivity index (χ0v) is 17.4. The quantitative estimate of drug-likeness (QED) is 0.610. The lowest BCUT2D eigenvalue weighted by atomic mass is 9.80. The highest BCUT2D eigenvalue weighted by molar-refractivity contribution is 6.04. The number of ether oxygens (including phenoxy) is 2. The minimum atomic E-state index is -0.223. The number of nitriles is 1. The van der Waals surface area contributed by atoms with Crippen LogP contribution in [0.4, 0.5) is 5.69 Å². The molecular weight excluding hydrogens is 388 g/mol. The van der Waals surface area contributed by atoms with Gasteiger partial charge in [0.1, 0.15) is 5.75 Å². The van der Waals surface area contributed by atoms with Gasteiger partial charge in [-0.3, -0.25) is 4.79 Å². The molecule has 0 saturated carbocycles. The van der Waals surface area contributed by atoms with Crippen LogP contribution in [-0.4, -0.2) is 25.7 Å². The van der Waals surface area contributed by atoms with E-state index in [1.54, 1.807) is 42.5 Å². The Bertz CT molecular complexity index is 1090. The number of hydrogen-bond acceptors (Lipinski definition) is 4. The van der Waals surface area contributed by atoms with Gasteiger partial charge in [0, 0.05) is 23.1 Å². The van der Waals surface area contributed by atoms with Crippen LogP contribution in [0.25, 0.3) is 0 Å². The molecule has 1 N–H and O–H groups in total. The Labute approximate surface area is 182 Å². The maximum atomic E-state index is 12.5. The van der Waals surface area contributed by atoms with Gasteiger partial charge in [-0.05, 0) is 53.6 Å². The van der Waals surface area contributed by atoms with Gasteiger partial charge in [-0.1, -0.05) is 37.3 Å². The largest absolute Gasteiger partial charge is 0.493 e. The monoisotopic (exact) mass is 412 g/mol. The van der Waals surface area contributed by atoms with Gasteiger partial charge in [-0.25, -0.2) is 0 Å². The normalized spacial score (nSPS) is 14.2. The Balaban J connectivity index is 1.31. The van der Waals surface area contributed by atoms with E-state index in [1.165, 1.54) is 11.1 Å². The summed E-state index contributed by atoms with van der Waals surface area (Å²) >= 11 is 0. The summed E-state index contributed by atoms with van der Waals surface area (Å²) < 4.78 is 11.2. The molecule has 1 fully saturated rings. The second kappa shape index (κ2) is 9.03. The second-order valence-corrected chi connectivity index (χ2v) is 8.02. The number of hydrogen-bond donors (Lipinski definition) is 1. The van der Waals surface area contributed by atoms with Gasteiger partial charge in [-0.15, -0.1) is 0 Å². The molecule has 1 saturated heterocycles. The van der Waals surface area contributed by atoms with Crippen LogP contribution >= 0.6 is 0 Å². The van der Waals surface area contributed by atoms with E-state index in [0.717, 1.165) is 19.6 Å². The van der Waals surface area contributed by atoms with E-state index < -0.39 is 0 Å². The zero-order valence-electron chi connectivity index (χ0n) is 17.4. The molecule has 1 aliphatic heterocycles. The lowest BCUT2D eigenvalue weighted by Crippen LogP contribution is -2.43. The van der Waals surface area contributed by atoms with Crippen LogP contribution in [-0.2, 0) is 16.6 Å². The Morgan fingerprint density at radius 3 is 2.48 bits per heavy atom. The van der Waals surface area contributed by atoms with Crippen molar-refractivity contribution in [1.82, 2.24) is 0 Å². The first kappa shape index (κ1) is 20.6. The van der Waals surface area contributed by atoms with E-state index in [4.69, 9.17) is 14.7 Å². The predicted molar refractivity (Wildman–Crippen MR) is 119 cm³/mol. The molecule has 1 aliphatic rings. The predicted octanol–water partition coefficient (Wildman–Crippen LogP) is 4.72. The van der Waals surface area contributed by atoms with E-state index in [2.05, 4.69) is 42.6 Å². The highest BCUT2D eigenvalue weighted by Crippen LogP contribution is 2.31. The summed E-state index contributed by atoms with van der Waals surface area (Å²) in [4.78, 5) is 12.5. The van der Waals surface area contributed by atoms with Gasteiger partial charge in [0.05, 0.1) is 31.5 Å². The summed E-state index contributed by atoms with van der Waals surface area (Å²) in [7, 11) is 0. The molecule has 3 aromatic rings. The van der Waals surface area contributed by atoms with Crippen LogP contribution in [0.5, 0.6) is 5.75 Å². The maximum absolute atomic E-state index is 12.5. The molecule has 5 nitrogen and oxygen atoms in total. The van der Waals surface area contributed by atoms with Crippen molar-refractivity contribution < 1.29 is 14.3 Å². The standard InChI is InChI=1S/C26H24N2O3/c1-26(17-30-18-26)22-9-5-19(6-10-22)13-14-31-24-4-2-3-21(15-24)25(29)28-23-11-7-20(16-27)8-12-23/h2-12,15H,13-14,17-18H2,1H3,(H,28,29). The molecule has 0 bridgehead atoms. The van der Waals surface area contributed by atoms with Gasteiger partial charge in [0.2, 0.25) is 0 Å². The average molecular weight is 412 g/mol. The summed E-state index contributed by atoms with van der Waals surface area (Å²) in [5, 5.41) is 11.7. The lowest BCUT2D eigenvalue weighted by molar-refractivity contribution is -0.0500. The van der Waals surface area contributed by atoms with Gasteiger partial charge in [0.25, 0.3) is 5.91 Å². The van der Waals surface area contributed by atoms with Crippen molar-refractivity contribution in [2.75, 3.05) is 25.1 Å². The van der Waals surface area contributed by atoms with E-state index >= 15 is 0 Å². The third kappa shape index (κ3) is 4.93. The van der Waals surface area contributed by atoms with E-state index in [-0.39, 0.29) is 11.3 Å². The van der Waals surface area contributed by atoms with Crippen molar-refractivity contribution in [2.45, 2.75) is 18.8 Å². The number of benzene rings is 3. The SMILES string of the molecule is CC1(c2ccc(CCOc3cccc(C(=O)Nc4ccc(C#N)cc4)c3)cc2)COC1. The summed E-state index contributed by atoms with van der Waals surface area (Å²) in [6.07, 6.45) is 0.787. The fourth-order valence-electron chi connectivity index (χ4n) is 3.49. The van der Waals surface area contributed by atoms with Crippen LogP contribution in [0, 0.1) is 11.3 Å². The summed E-state index contributed by atoms with van der Waals surface area (Å²) in [5.41, 5.74) is 4.37. The summed E-state index contributed by atoms with van der Waals surface area (Å²) in [6.45, 7) is 4.31. The molecule has 1 amide bonds. The third-order valence-corrected chi connectivity index (χ3v) is 5.52. The fraction of sp³-hybridized carbons (Fsp3) is 0.231. The molecule has 0 spiro atoms. The molecule has 4 rings (SSSR count). The van der Waals surface area contributed by atoms with Crippen molar-refractivity contribution >= 4 is 11.6 Å². The van der Waals surface area contributed by atoms with Crippen molar-refractivity contribution in [3.05, 3.63) is 95.1 Å². The molecule has 0 aromatic heterocycles. The van der Waals surface area contributed by atoms with Crippen LogP contribution in [0.2, 0.25) is 0 Å². The first-order valence-electron chi connectivity index (χ1n) is 10.3. The van der Waals surface area contributed by atoms with Gasteiger partial charge in [-0.2, -0.15) is 5.26 Å². The molecule has 0 unspecified atom stereocenters. The highest BCUT2D eigenvalue weighted by Gasteiger charge is 2.34. The molecule has 31 heavy (non-hydrogen) atoms. The minimum Gasteiger partial charge on any atom is -0.493 e. The van der Waals surface area contributed by atoms with Crippen molar-refractivity contribution in [1.29, 1.82) is 5.26 Å². The number of nitrogens with zero attached hydrogens (tertiary/aromatic N) is 1. The molecular formula is C26H24N2O3. The molecule has 5 heteroatoms. The number of carbonyl (C=O) groups excluding carboxylic acids is 1. The fourth-order valence-corrected chi connectivity index (χ4v) is 3.49. The Morgan fingerprint density at radius 1 is 1.10 bits per heavy atom. The lowest BCUT2D eigenvalue weighted by Gasteiger charge is -2.38. The minimum absolute atomic E-state index is 0.147. The highest BCUT2D eigenvalue weighted by atomic mass is 16.5. The first-order chi connectivity index (χ1) is 15.1. The molecule has 0 aliphatic carbocycles. The third-order valence-electron chi connectivity index (χ3n) is 5.52. The van der Waals surface area contributed by atoms with Gasteiger partial charge >= 0.3 is 0 Å². The summed E-state index contributed by atoms with van der Waals surface area (Å²) in [6, 6.07) is 24.6.